The number of rotatable bonds is 7. The standard InChI is InChI=1S/C24H26N2O5S/c1-2-15(22(27)26-14-32-13-21(26)23(28)29)11-25-24(30)31-12-20-18-9-5-3-7-16(18)17-8-4-6-10-19(17)20/h3-10,15,20-21H,2,11-14H2,1H3,(H,25,30)(H,28,29). The zero-order valence-corrected chi connectivity index (χ0v) is 18.6. The molecular formula is C24H26N2O5S. The minimum Gasteiger partial charge on any atom is -0.480 e. The highest BCUT2D eigenvalue weighted by molar-refractivity contribution is 7.99. The third-order valence-electron chi connectivity index (χ3n) is 6.13. The average molecular weight is 455 g/mol. The maximum absolute atomic E-state index is 12.8. The van der Waals surface area contributed by atoms with Gasteiger partial charge in [0, 0.05) is 18.2 Å². The van der Waals surface area contributed by atoms with Crippen LogP contribution in [0, 0.1) is 5.92 Å². The molecule has 1 heterocycles. The number of carbonyl (C=O) groups is 3. The summed E-state index contributed by atoms with van der Waals surface area (Å²) in [6.45, 7) is 2.16. The average Bonchev–Trinajstić information content (AvgIpc) is 3.41. The van der Waals surface area contributed by atoms with E-state index < -0.39 is 24.0 Å². The van der Waals surface area contributed by atoms with Crippen molar-refractivity contribution in [3.63, 3.8) is 0 Å². The number of ether oxygens (including phenoxy) is 1. The number of benzene rings is 2. The van der Waals surface area contributed by atoms with E-state index >= 15 is 0 Å². The minimum atomic E-state index is -0.998. The van der Waals surface area contributed by atoms with Crippen LogP contribution in [0.3, 0.4) is 0 Å². The summed E-state index contributed by atoms with van der Waals surface area (Å²) >= 11 is 1.42. The molecule has 1 fully saturated rings. The van der Waals surface area contributed by atoms with Gasteiger partial charge in [-0.15, -0.1) is 11.8 Å². The smallest absolute Gasteiger partial charge is 0.407 e. The highest BCUT2D eigenvalue weighted by Crippen LogP contribution is 2.44. The lowest BCUT2D eigenvalue weighted by atomic mass is 9.98. The Morgan fingerprint density at radius 1 is 1.12 bits per heavy atom. The molecule has 2 unspecified atom stereocenters. The first-order chi connectivity index (χ1) is 15.5. The number of fused-ring (bicyclic) bond motifs is 3. The monoisotopic (exact) mass is 454 g/mol. The van der Waals surface area contributed by atoms with Gasteiger partial charge in [0.05, 0.1) is 11.8 Å². The van der Waals surface area contributed by atoms with Crippen LogP contribution in [-0.4, -0.2) is 58.8 Å². The molecule has 8 heteroatoms. The molecule has 168 valence electrons. The molecule has 0 bridgehead atoms. The number of amides is 2. The molecular weight excluding hydrogens is 428 g/mol. The van der Waals surface area contributed by atoms with Gasteiger partial charge in [0.1, 0.15) is 12.6 Å². The van der Waals surface area contributed by atoms with E-state index in [0.717, 1.165) is 22.3 Å². The zero-order chi connectivity index (χ0) is 22.7. The third-order valence-corrected chi connectivity index (χ3v) is 7.14. The lowest BCUT2D eigenvalue weighted by Crippen LogP contribution is -2.47. The lowest BCUT2D eigenvalue weighted by molar-refractivity contribution is -0.149. The van der Waals surface area contributed by atoms with Crippen molar-refractivity contribution >= 4 is 29.7 Å². The topological polar surface area (TPSA) is 95.9 Å². The summed E-state index contributed by atoms with van der Waals surface area (Å²) in [5, 5.41) is 12.0. The number of thioether (sulfide) groups is 1. The van der Waals surface area contributed by atoms with E-state index in [1.807, 2.05) is 31.2 Å². The van der Waals surface area contributed by atoms with Crippen LogP contribution in [0.4, 0.5) is 4.79 Å². The molecule has 0 spiro atoms. The van der Waals surface area contributed by atoms with Crippen molar-refractivity contribution in [1.29, 1.82) is 0 Å². The maximum atomic E-state index is 12.8. The number of hydrogen-bond donors (Lipinski definition) is 2. The summed E-state index contributed by atoms with van der Waals surface area (Å²) in [6, 6.07) is 15.4. The zero-order valence-electron chi connectivity index (χ0n) is 17.8. The summed E-state index contributed by atoms with van der Waals surface area (Å²) in [5.41, 5.74) is 4.58. The summed E-state index contributed by atoms with van der Waals surface area (Å²) in [4.78, 5) is 38.0. The third kappa shape index (κ3) is 4.32. The van der Waals surface area contributed by atoms with Crippen molar-refractivity contribution in [3.05, 3.63) is 59.7 Å². The predicted molar refractivity (Wildman–Crippen MR) is 122 cm³/mol. The number of carbonyl (C=O) groups excluding carboxylic acids is 2. The fourth-order valence-corrected chi connectivity index (χ4v) is 5.52. The highest BCUT2D eigenvalue weighted by atomic mass is 32.2. The molecule has 2 aliphatic rings. The summed E-state index contributed by atoms with van der Waals surface area (Å²) in [5.74, 6) is -1.02. The molecule has 1 aliphatic carbocycles. The molecule has 2 atom stereocenters. The molecule has 4 rings (SSSR count). The maximum Gasteiger partial charge on any atom is 0.407 e. The molecule has 0 aromatic heterocycles. The Kier molecular flexibility index (Phi) is 6.69. The van der Waals surface area contributed by atoms with E-state index in [2.05, 4.69) is 29.6 Å². The van der Waals surface area contributed by atoms with Gasteiger partial charge in [-0.1, -0.05) is 55.5 Å². The van der Waals surface area contributed by atoms with Crippen LogP contribution in [0.1, 0.15) is 30.4 Å². The van der Waals surface area contributed by atoms with E-state index in [9.17, 15) is 19.5 Å². The van der Waals surface area contributed by atoms with Crippen LogP contribution < -0.4 is 5.32 Å². The van der Waals surface area contributed by atoms with Gasteiger partial charge in [-0.05, 0) is 28.7 Å². The summed E-state index contributed by atoms with van der Waals surface area (Å²) in [6.07, 6.45) is -0.0839. The normalized spacial score (nSPS) is 18.0. The van der Waals surface area contributed by atoms with Crippen molar-refractivity contribution in [3.8, 4) is 11.1 Å². The first kappa shape index (κ1) is 22.2. The van der Waals surface area contributed by atoms with Crippen LogP contribution in [0.25, 0.3) is 11.1 Å². The largest absolute Gasteiger partial charge is 0.480 e. The Balaban J connectivity index is 1.34. The van der Waals surface area contributed by atoms with Crippen molar-refractivity contribution in [2.24, 2.45) is 5.92 Å². The number of aliphatic carboxylic acids is 1. The first-order valence-electron chi connectivity index (χ1n) is 10.7. The second-order valence-electron chi connectivity index (χ2n) is 7.97. The summed E-state index contributed by atoms with van der Waals surface area (Å²) < 4.78 is 5.53. The second kappa shape index (κ2) is 9.65. The lowest BCUT2D eigenvalue weighted by Gasteiger charge is -2.25. The van der Waals surface area contributed by atoms with Crippen LogP contribution in [0.2, 0.25) is 0 Å². The van der Waals surface area contributed by atoms with Crippen molar-refractivity contribution in [2.75, 3.05) is 24.8 Å². The van der Waals surface area contributed by atoms with Crippen LogP contribution in [-0.2, 0) is 14.3 Å². The van der Waals surface area contributed by atoms with Gasteiger partial charge in [0.25, 0.3) is 0 Å². The Hall–Kier alpha value is -3.00. The molecule has 2 aromatic carbocycles. The van der Waals surface area contributed by atoms with E-state index in [0.29, 0.717) is 18.1 Å². The van der Waals surface area contributed by atoms with Gasteiger partial charge in [-0.25, -0.2) is 9.59 Å². The molecule has 1 saturated heterocycles. The van der Waals surface area contributed by atoms with E-state index in [4.69, 9.17) is 4.74 Å². The number of hydrogen-bond acceptors (Lipinski definition) is 5. The van der Waals surface area contributed by atoms with E-state index in [-0.39, 0.29) is 25.0 Å². The fourth-order valence-electron chi connectivity index (χ4n) is 4.36. The molecule has 1 aliphatic heterocycles. The van der Waals surface area contributed by atoms with Crippen molar-refractivity contribution in [2.45, 2.75) is 25.3 Å². The first-order valence-corrected chi connectivity index (χ1v) is 11.9. The Bertz CT molecular complexity index is 981. The molecule has 2 N–H and O–H groups in total. The molecule has 32 heavy (non-hydrogen) atoms. The Morgan fingerprint density at radius 3 is 2.34 bits per heavy atom. The highest BCUT2D eigenvalue weighted by Gasteiger charge is 2.37. The number of nitrogens with zero attached hydrogens (tertiary/aromatic N) is 1. The molecule has 7 nitrogen and oxygen atoms in total. The Morgan fingerprint density at radius 2 is 1.75 bits per heavy atom. The van der Waals surface area contributed by atoms with Gasteiger partial charge >= 0.3 is 12.1 Å². The molecule has 0 radical (unpaired) electrons. The number of nitrogens with one attached hydrogen (secondary N) is 1. The van der Waals surface area contributed by atoms with Gasteiger partial charge in [-0.3, -0.25) is 4.79 Å². The van der Waals surface area contributed by atoms with Crippen molar-refractivity contribution < 1.29 is 24.2 Å². The van der Waals surface area contributed by atoms with Crippen LogP contribution in [0.5, 0.6) is 0 Å². The number of alkyl carbamates (subject to hydrolysis) is 1. The number of carboxylic acids is 1. The summed E-state index contributed by atoms with van der Waals surface area (Å²) in [7, 11) is 0. The molecule has 2 aromatic rings. The fraction of sp³-hybridized carbons (Fsp3) is 0.375. The van der Waals surface area contributed by atoms with Gasteiger partial charge in [-0.2, -0.15) is 0 Å². The van der Waals surface area contributed by atoms with Crippen LogP contribution in [0.15, 0.2) is 48.5 Å². The predicted octanol–water partition coefficient (Wildman–Crippen LogP) is 3.54. The quantitative estimate of drug-likeness (QED) is 0.664. The van der Waals surface area contributed by atoms with Gasteiger partial charge in [0.2, 0.25) is 5.91 Å². The van der Waals surface area contributed by atoms with Crippen molar-refractivity contribution in [1.82, 2.24) is 10.2 Å². The minimum absolute atomic E-state index is 0.0327. The molecule has 2 amide bonds. The van der Waals surface area contributed by atoms with E-state index in [1.54, 1.807) is 0 Å². The molecule has 0 saturated carbocycles. The van der Waals surface area contributed by atoms with Gasteiger partial charge < -0.3 is 20.1 Å². The van der Waals surface area contributed by atoms with E-state index in [1.165, 1.54) is 16.7 Å². The SMILES string of the molecule is CCC(CNC(=O)OCC1c2ccccc2-c2ccccc21)C(=O)N1CSCC1C(=O)O. The second-order valence-corrected chi connectivity index (χ2v) is 8.97. The number of carboxylic acid groups (broad SMARTS) is 1. The van der Waals surface area contributed by atoms with Crippen LogP contribution >= 0.6 is 11.8 Å². The van der Waals surface area contributed by atoms with Gasteiger partial charge in [0.15, 0.2) is 0 Å². The Labute approximate surface area is 191 Å².